The van der Waals surface area contributed by atoms with Gasteiger partial charge in [-0.2, -0.15) is 15.0 Å². The Kier molecular flexibility index (Phi) is 5.68. The van der Waals surface area contributed by atoms with E-state index in [0.717, 1.165) is 47.0 Å². The van der Waals surface area contributed by atoms with Crippen molar-refractivity contribution in [2.75, 3.05) is 0 Å². The van der Waals surface area contributed by atoms with E-state index in [1.807, 2.05) is 24.3 Å². The van der Waals surface area contributed by atoms with E-state index in [1.54, 1.807) is 4.80 Å². The minimum atomic E-state index is 0.181. The Hall–Kier alpha value is -1.71. The Morgan fingerprint density at radius 2 is 1.77 bits per heavy atom. The molecule has 0 bridgehead atoms. The number of nitrogens with zero attached hydrogens (tertiary/aromatic N) is 3. The van der Waals surface area contributed by atoms with Crippen molar-refractivity contribution in [1.29, 1.82) is 0 Å². The van der Waals surface area contributed by atoms with Gasteiger partial charge in [0.25, 0.3) is 0 Å². The van der Waals surface area contributed by atoms with E-state index in [-0.39, 0.29) is 11.3 Å². The molecule has 0 N–H and O–H groups in total. The Bertz CT molecular complexity index is 902. The van der Waals surface area contributed by atoms with Gasteiger partial charge in [0.15, 0.2) is 5.78 Å². The van der Waals surface area contributed by atoms with Gasteiger partial charge in [-0.3, -0.25) is 4.79 Å². The van der Waals surface area contributed by atoms with Gasteiger partial charge >= 0.3 is 0 Å². The van der Waals surface area contributed by atoms with Crippen LogP contribution in [-0.2, 0) is 11.3 Å². The summed E-state index contributed by atoms with van der Waals surface area (Å²) in [6, 6.07) is 7.89. The first-order valence-corrected chi connectivity index (χ1v) is 12.9. The Morgan fingerprint density at radius 1 is 1.03 bits per heavy atom. The van der Waals surface area contributed by atoms with Crippen LogP contribution in [0.25, 0.3) is 11.0 Å². The van der Waals surface area contributed by atoms with Crippen LogP contribution in [0.1, 0.15) is 78.6 Å². The molecule has 31 heavy (non-hydrogen) atoms. The molecule has 5 rings (SSSR count). The van der Waals surface area contributed by atoms with Gasteiger partial charge in [0.05, 0.1) is 0 Å². The highest BCUT2D eigenvalue weighted by Crippen LogP contribution is 2.63. The standard InChI is InChI=1S/C27H39N3O/c1-4-8-19-18(5-2)11-12-21-20(19)15-16-27(3)22(21)13-14-23(27)26(31)17-30-28-24-9-6-7-10-25(24)29-30/h6-7,9-10,18-23H,4-5,8,11-17H2,1-3H3. The Balaban J connectivity index is 1.33. The Morgan fingerprint density at radius 3 is 2.45 bits per heavy atom. The van der Waals surface area contributed by atoms with Crippen LogP contribution in [0.2, 0.25) is 0 Å². The van der Waals surface area contributed by atoms with Crippen LogP contribution in [0.3, 0.4) is 0 Å². The van der Waals surface area contributed by atoms with Gasteiger partial charge in [0.1, 0.15) is 17.6 Å². The predicted octanol–water partition coefficient (Wildman–Crippen LogP) is 6.30. The van der Waals surface area contributed by atoms with E-state index in [4.69, 9.17) is 0 Å². The minimum absolute atomic E-state index is 0.181. The van der Waals surface area contributed by atoms with Crippen LogP contribution in [0.15, 0.2) is 24.3 Å². The van der Waals surface area contributed by atoms with Crippen molar-refractivity contribution in [3.05, 3.63) is 24.3 Å². The fraction of sp³-hybridized carbons (Fsp3) is 0.741. The summed E-state index contributed by atoms with van der Waals surface area (Å²) in [5, 5.41) is 9.10. The van der Waals surface area contributed by atoms with Crippen molar-refractivity contribution in [3.63, 3.8) is 0 Å². The molecule has 7 atom stereocenters. The number of hydrogen-bond donors (Lipinski definition) is 0. The summed E-state index contributed by atoms with van der Waals surface area (Å²) >= 11 is 0. The van der Waals surface area contributed by atoms with E-state index in [9.17, 15) is 4.79 Å². The highest BCUT2D eigenvalue weighted by atomic mass is 16.1. The van der Waals surface area contributed by atoms with Crippen molar-refractivity contribution < 1.29 is 4.79 Å². The fourth-order valence-electron chi connectivity index (χ4n) is 8.28. The molecule has 1 heterocycles. The molecule has 0 amide bonds. The second-order valence-electron chi connectivity index (χ2n) is 11.0. The molecule has 168 valence electrons. The minimum Gasteiger partial charge on any atom is -0.297 e. The van der Waals surface area contributed by atoms with Gasteiger partial charge in [-0.05, 0) is 85.7 Å². The number of ketones is 1. The molecule has 1 aromatic heterocycles. The summed E-state index contributed by atoms with van der Waals surface area (Å²) < 4.78 is 0. The molecule has 4 nitrogen and oxygen atoms in total. The van der Waals surface area contributed by atoms with Gasteiger partial charge in [-0.25, -0.2) is 0 Å². The largest absolute Gasteiger partial charge is 0.297 e. The lowest BCUT2D eigenvalue weighted by Gasteiger charge is -2.54. The van der Waals surface area contributed by atoms with Gasteiger partial charge in [-0.15, -0.1) is 0 Å². The van der Waals surface area contributed by atoms with Crippen molar-refractivity contribution in [2.24, 2.45) is 40.9 Å². The van der Waals surface area contributed by atoms with Crippen molar-refractivity contribution in [2.45, 2.75) is 85.1 Å². The molecule has 3 fully saturated rings. The zero-order valence-corrected chi connectivity index (χ0v) is 19.6. The highest BCUT2D eigenvalue weighted by molar-refractivity contribution is 5.82. The first-order chi connectivity index (χ1) is 15.0. The average Bonchev–Trinajstić information content (AvgIpc) is 3.34. The summed E-state index contributed by atoms with van der Waals surface area (Å²) in [6.45, 7) is 7.54. The van der Waals surface area contributed by atoms with Gasteiger partial charge in [0, 0.05) is 5.92 Å². The molecule has 3 aliphatic carbocycles. The van der Waals surface area contributed by atoms with Gasteiger partial charge in [-0.1, -0.05) is 52.2 Å². The normalized spacial score (nSPS) is 37.5. The van der Waals surface area contributed by atoms with Crippen molar-refractivity contribution in [3.8, 4) is 0 Å². The maximum absolute atomic E-state index is 13.5. The van der Waals surface area contributed by atoms with Crippen molar-refractivity contribution in [1.82, 2.24) is 15.0 Å². The Labute approximate surface area is 187 Å². The molecule has 3 aliphatic rings. The third-order valence-electron chi connectivity index (χ3n) is 9.68. The van der Waals surface area contributed by atoms with E-state index >= 15 is 0 Å². The third kappa shape index (κ3) is 3.54. The molecule has 0 saturated heterocycles. The third-order valence-corrected chi connectivity index (χ3v) is 9.68. The lowest BCUT2D eigenvalue weighted by Crippen LogP contribution is -2.48. The SMILES string of the molecule is CCCC1C(CC)CCC2C1CCC1(C)C(C(=O)Cn3nc4ccccc4n3)CCC21. The quantitative estimate of drug-likeness (QED) is 0.550. The zero-order valence-electron chi connectivity index (χ0n) is 19.6. The van der Waals surface area contributed by atoms with Crippen molar-refractivity contribution >= 4 is 16.8 Å². The van der Waals surface area contributed by atoms with Crippen LogP contribution >= 0.6 is 0 Å². The van der Waals surface area contributed by atoms with Gasteiger partial charge in [0.2, 0.25) is 0 Å². The summed E-state index contributed by atoms with van der Waals surface area (Å²) in [4.78, 5) is 15.1. The summed E-state index contributed by atoms with van der Waals surface area (Å²) in [5.74, 6) is 4.89. The van der Waals surface area contributed by atoms with E-state index < -0.39 is 0 Å². The number of fused-ring (bicyclic) bond motifs is 4. The number of rotatable bonds is 6. The maximum Gasteiger partial charge on any atom is 0.159 e. The molecule has 7 unspecified atom stereocenters. The molecular weight excluding hydrogens is 382 g/mol. The number of aromatic nitrogens is 3. The van der Waals surface area contributed by atoms with Crippen LogP contribution in [0, 0.1) is 40.9 Å². The second-order valence-corrected chi connectivity index (χ2v) is 11.0. The number of carbonyl (C=O) groups is 1. The lowest BCUT2D eigenvalue weighted by molar-refractivity contribution is -0.131. The molecule has 3 saturated carbocycles. The first-order valence-electron chi connectivity index (χ1n) is 12.9. The average molecular weight is 422 g/mol. The van der Waals surface area contributed by atoms with Crippen LogP contribution in [0.4, 0.5) is 0 Å². The second kappa shape index (κ2) is 8.33. The fourth-order valence-corrected chi connectivity index (χ4v) is 8.28. The molecule has 0 radical (unpaired) electrons. The first kappa shape index (κ1) is 21.2. The van der Waals surface area contributed by atoms with Crippen LogP contribution in [0.5, 0.6) is 0 Å². The number of Topliss-reactive ketones (excluding diaryl/α,β-unsaturated/α-hetero) is 1. The zero-order chi connectivity index (χ0) is 21.6. The highest BCUT2D eigenvalue weighted by Gasteiger charge is 2.57. The molecule has 0 aliphatic heterocycles. The van der Waals surface area contributed by atoms with E-state index in [1.165, 1.54) is 51.4 Å². The number of hydrogen-bond acceptors (Lipinski definition) is 3. The number of benzene rings is 1. The smallest absolute Gasteiger partial charge is 0.159 e. The lowest BCUT2D eigenvalue weighted by atomic mass is 9.50. The maximum atomic E-state index is 13.5. The van der Waals surface area contributed by atoms with E-state index in [2.05, 4.69) is 31.0 Å². The monoisotopic (exact) mass is 421 g/mol. The molecule has 0 spiro atoms. The molecule has 1 aromatic carbocycles. The predicted molar refractivity (Wildman–Crippen MR) is 124 cm³/mol. The summed E-state index contributed by atoms with van der Waals surface area (Å²) in [6.07, 6.45) is 11.8. The summed E-state index contributed by atoms with van der Waals surface area (Å²) in [7, 11) is 0. The van der Waals surface area contributed by atoms with Gasteiger partial charge < -0.3 is 0 Å². The number of carbonyl (C=O) groups excluding carboxylic acids is 1. The molecule has 4 heteroatoms. The van der Waals surface area contributed by atoms with Crippen LogP contribution in [-0.4, -0.2) is 20.8 Å². The molecular formula is C27H39N3O. The topological polar surface area (TPSA) is 47.8 Å². The van der Waals surface area contributed by atoms with Crippen LogP contribution < -0.4 is 0 Å². The van der Waals surface area contributed by atoms with E-state index in [0.29, 0.717) is 12.3 Å². The molecule has 2 aromatic rings. The summed E-state index contributed by atoms with van der Waals surface area (Å²) in [5.41, 5.74) is 1.93.